The van der Waals surface area contributed by atoms with Crippen LogP contribution < -0.4 is 4.87 Å². The number of benzene rings is 1. The fraction of sp³-hybridized carbons (Fsp3) is 0.100. The monoisotopic (exact) mass is 220 g/mol. The third-order valence-corrected chi connectivity index (χ3v) is 2.76. The average molecular weight is 220 g/mol. The van der Waals surface area contributed by atoms with Gasteiger partial charge >= 0.3 is 4.87 Å². The van der Waals surface area contributed by atoms with E-state index in [4.69, 9.17) is 0 Å². The van der Waals surface area contributed by atoms with E-state index in [1.165, 1.54) is 11.6 Å². The van der Waals surface area contributed by atoms with Gasteiger partial charge in [-0.1, -0.05) is 18.2 Å². The number of aromatic nitrogens is 2. The van der Waals surface area contributed by atoms with E-state index in [0.29, 0.717) is 5.69 Å². The molecule has 0 aliphatic carbocycles. The lowest BCUT2D eigenvalue weighted by molar-refractivity contribution is 0.101. The molecule has 2 rings (SSSR count). The van der Waals surface area contributed by atoms with Gasteiger partial charge in [0.2, 0.25) is 0 Å². The number of carbonyl (C=O) groups is 1. The second kappa shape index (κ2) is 3.78. The van der Waals surface area contributed by atoms with Crippen LogP contribution in [0, 0.1) is 0 Å². The van der Waals surface area contributed by atoms with Crippen molar-refractivity contribution in [1.29, 1.82) is 0 Å². The van der Waals surface area contributed by atoms with Crippen molar-refractivity contribution in [2.24, 2.45) is 0 Å². The van der Waals surface area contributed by atoms with Crippen molar-refractivity contribution in [2.75, 3.05) is 0 Å². The maximum atomic E-state index is 11.5. The van der Waals surface area contributed by atoms with E-state index >= 15 is 0 Å². The molecule has 0 fully saturated rings. The Balaban J connectivity index is 2.55. The van der Waals surface area contributed by atoms with Crippen LogP contribution in [-0.2, 0) is 0 Å². The van der Waals surface area contributed by atoms with Gasteiger partial charge in [-0.15, -0.1) is 5.10 Å². The van der Waals surface area contributed by atoms with Crippen molar-refractivity contribution in [2.45, 2.75) is 6.92 Å². The molecule has 0 spiro atoms. The molecule has 0 N–H and O–H groups in total. The van der Waals surface area contributed by atoms with Gasteiger partial charge in [0.25, 0.3) is 0 Å². The summed E-state index contributed by atoms with van der Waals surface area (Å²) in [6.07, 6.45) is 0. The zero-order chi connectivity index (χ0) is 10.8. The molecule has 0 radical (unpaired) electrons. The molecule has 5 heteroatoms. The maximum absolute atomic E-state index is 11.5. The number of ketones is 1. The Bertz CT molecular complexity index is 542. The minimum atomic E-state index is -0.244. The van der Waals surface area contributed by atoms with Crippen LogP contribution in [0.5, 0.6) is 0 Å². The van der Waals surface area contributed by atoms with E-state index in [2.05, 4.69) is 5.10 Å². The van der Waals surface area contributed by atoms with Gasteiger partial charge in [-0.05, 0) is 23.5 Å². The molecular weight excluding hydrogens is 212 g/mol. The van der Waals surface area contributed by atoms with E-state index < -0.39 is 0 Å². The molecule has 0 atom stereocenters. The molecule has 0 saturated heterocycles. The summed E-state index contributed by atoms with van der Waals surface area (Å²) < 4.78 is 1.24. The highest BCUT2D eigenvalue weighted by Gasteiger charge is 2.10. The standard InChI is InChI=1S/C10H8N2O2S/c1-7(13)9-11-12(10(14)15-9)8-5-3-2-4-6-8/h2-6H,1H3. The van der Waals surface area contributed by atoms with Crippen LogP contribution in [0.15, 0.2) is 35.1 Å². The summed E-state index contributed by atoms with van der Waals surface area (Å²) in [6.45, 7) is 1.40. The van der Waals surface area contributed by atoms with Crippen LogP contribution in [0.1, 0.15) is 16.7 Å². The van der Waals surface area contributed by atoms with Gasteiger partial charge < -0.3 is 0 Å². The number of para-hydroxylation sites is 1. The number of rotatable bonds is 2. The molecule has 0 saturated carbocycles. The summed E-state index contributed by atoms with van der Waals surface area (Å²) in [5.74, 6) is -0.188. The lowest BCUT2D eigenvalue weighted by Gasteiger charge is -1.96. The van der Waals surface area contributed by atoms with Crippen molar-refractivity contribution in [3.63, 3.8) is 0 Å². The first-order valence-electron chi connectivity index (χ1n) is 4.35. The number of Topliss-reactive ketones (excluding diaryl/α,β-unsaturated/α-hetero) is 1. The molecule has 0 aliphatic heterocycles. The van der Waals surface area contributed by atoms with Crippen molar-refractivity contribution >= 4 is 17.1 Å². The quantitative estimate of drug-likeness (QED) is 0.720. The predicted octanol–water partition coefficient (Wildman–Crippen LogP) is 1.50. The largest absolute Gasteiger partial charge is 0.330 e. The summed E-state index contributed by atoms with van der Waals surface area (Å²) in [7, 11) is 0. The smallest absolute Gasteiger partial charge is 0.292 e. The summed E-state index contributed by atoms with van der Waals surface area (Å²) in [5.41, 5.74) is 0.672. The van der Waals surface area contributed by atoms with E-state index in [1.54, 1.807) is 12.1 Å². The van der Waals surface area contributed by atoms with Gasteiger partial charge in [-0.3, -0.25) is 9.59 Å². The first-order valence-corrected chi connectivity index (χ1v) is 5.16. The van der Waals surface area contributed by atoms with Crippen LogP contribution in [0.3, 0.4) is 0 Å². The molecule has 4 nitrogen and oxygen atoms in total. The Kier molecular flexibility index (Phi) is 2.47. The van der Waals surface area contributed by atoms with Crippen molar-refractivity contribution in [1.82, 2.24) is 9.78 Å². The van der Waals surface area contributed by atoms with E-state index in [-0.39, 0.29) is 15.7 Å². The highest BCUT2D eigenvalue weighted by Crippen LogP contribution is 2.06. The van der Waals surface area contributed by atoms with E-state index in [1.807, 2.05) is 18.2 Å². The third kappa shape index (κ3) is 1.87. The fourth-order valence-electron chi connectivity index (χ4n) is 1.15. The Morgan fingerprint density at radius 1 is 1.33 bits per heavy atom. The Hall–Kier alpha value is -1.75. The zero-order valence-electron chi connectivity index (χ0n) is 8.01. The van der Waals surface area contributed by atoms with Crippen LogP contribution in [0.25, 0.3) is 5.69 Å². The van der Waals surface area contributed by atoms with E-state index in [0.717, 1.165) is 11.3 Å². The molecule has 76 valence electrons. The normalized spacial score (nSPS) is 10.2. The molecule has 0 amide bonds. The number of hydrogen-bond donors (Lipinski definition) is 0. The Morgan fingerprint density at radius 3 is 2.53 bits per heavy atom. The SMILES string of the molecule is CC(=O)c1nn(-c2ccccc2)c(=O)s1. The van der Waals surface area contributed by atoms with Gasteiger partial charge in [0, 0.05) is 6.92 Å². The van der Waals surface area contributed by atoms with Crippen LogP contribution in [0.2, 0.25) is 0 Å². The van der Waals surface area contributed by atoms with Crippen LogP contribution >= 0.6 is 11.3 Å². The van der Waals surface area contributed by atoms with Crippen LogP contribution in [0.4, 0.5) is 0 Å². The molecule has 1 aromatic carbocycles. The van der Waals surface area contributed by atoms with Gasteiger partial charge in [-0.25, -0.2) is 0 Å². The topological polar surface area (TPSA) is 52.0 Å². The van der Waals surface area contributed by atoms with Gasteiger partial charge in [-0.2, -0.15) is 4.68 Å². The molecule has 0 aliphatic rings. The van der Waals surface area contributed by atoms with Gasteiger partial charge in [0.05, 0.1) is 5.69 Å². The summed E-state index contributed by atoms with van der Waals surface area (Å²) in [6, 6.07) is 9.02. The Morgan fingerprint density at radius 2 is 2.00 bits per heavy atom. The van der Waals surface area contributed by atoms with Gasteiger partial charge in [0.15, 0.2) is 10.8 Å². The molecule has 0 unspecified atom stereocenters. The highest BCUT2D eigenvalue weighted by molar-refractivity contribution is 7.11. The summed E-state index contributed by atoms with van der Waals surface area (Å²) in [4.78, 5) is 22.3. The Labute approximate surface area is 89.8 Å². The maximum Gasteiger partial charge on any atom is 0.330 e. The molecule has 15 heavy (non-hydrogen) atoms. The second-order valence-electron chi connectivity index (χ2n) is 2.98. The average Bonchev–Trinajstić information content (AvgIpc) is 2.62. The molecule has 2 aromatic rings. The molecule has 1 heterocycles. The summed E-state index contributed by atoms with van der Waals surface area (Å²) in [5, 5.41) is 4.19. The highest BCUT2D eigenvalue weighted by atomic mass is 32.1. The fourth-order valence-corrected chi connectivity index (χ4v) is 1.82. The molecular formula is C10H8N2O2S. The number of hydrogen-bond acceptors (Lipinski definition) is 4. The number of carbonyl (C=O) groups excluding carboxylic acids is 1. The lowest BCUT2D eigenvalue weighted by atomic mass is 10.3. The first-order chi connectivity index (χ1) is 7.18. The zero-order valence-corrected chi connectivity index (χ0v) is 8.82. The first kappa shape index (κ1) is 9.79. The lowest BCUT2D eigenvalue weighted by Crippen LogP contribution is -2.11. The number of nitrogens with zero attached hydrogens (tertiary/aromatic N) is 2. The predicted molar refractivity (Wildman–Crippen MR) is 57.7 cm³/mol. The molecule has 1 aromatic heterocycles. The van der Waals surface area contributed by atoms with Crippen molar-refractivity contribution < 1.29 is 4.79 Å². The second-order valence-corrected chi connectivity index (χ2v) is 3.92. The van der Waals surface area contributed by atoms with E-state index in [9.17, 15) is 9.59 Å². The summed E-state index contributed by atoms with van der Waals surface area (Å²) >= 11 is 0.864. The van der Waals surface area contributed by atoms with Crippen molar-refractivity contribution in [3.05, 3.63) is 45.0 Å². The van der Waals surface area contributed by atoms with Gasteiger partial charge in [0.1, 0.15) is 0 Å². The minimum absolute atomic E-state index is 0.188. The van der Waals surface area contributed by atoms with Crippen LogP contribution in [-0.4, -0.2) is 15.6 Å². The molecule has 0 bridgehead atoms. The van der Waals surface area contributed by atoms with Crippen molar-refractivity contribution in [3.8, 4) is 5.69 Å². The minimum Gasteiger partial charge on any atom is -0.292 e. The third-order valence-electron chi connectivity index (χ3n) is 1.85.